The minimum Gasteiger partial charge on any atom is -0.481 e. The normalized spacial score (nSPS) is 24.1. The second kappa shape index (κ2) is 4.98. The molecule has 1 saturated heterocycles. The second-order valence-electron chi connectivity index (χ2n) is 4.48. The molecule has 0 saturated carbocycles. The van der Waals surface area contributed by atoms with Gasteiger partial charge in [-0.05, 0) is 24.1 Å². The molecule has 2 rings (SSSR count). The van der Waals surface area contributed by atoms with E-state index in [-0.39, 0.29) is 12.3 Å². The summed E-state index contributed by atoms with van der Waals surface area (Å²) < 4.78 is 0. The Balaban J connectivity index is 2.37. The summed E-state index contributed by atoms with van der Waals surface area (Å²) in [5, 5.41) is 9.86. The molecule has 0 aromatic heterocycles. The lowest BCUT2D eigenvalue weighted by Crippen LogP contribution is -2.42. The van der Waals surface area contributed by atoms with Crippen LogP contribution in [0.1, 0.15) is 24.4 Å². The van der Waals surface area contributed by atoms with Gasteiger partial charge in [-0.25, -0.2) is 0 Å². The van der Waals surface area contributed by atoms with Gasteiger partial charge in [-0.1, -0.05) is 23.7 Å². The molecule has 4 nitrogen and oxygen atoms in total. The number of nitrogens with zero attached hydrogens (tertiary/aromatic N) is 1. The third-order valence-electron chi connectivity index (χ3n) is 3.39. The summed E-state index contributed by atoms with van der Waals surface area (Å²) in [4.78, 5) is 24.5. The van der Waals surface area contributed by atoms with Gasteiger partial charge in [0.15, 0.2) is 0 Å². The van der Waals surface area contributed by atoms with Crippen molar-refractivity contribution >= 4 is 23.5 Å². The van der Waals surface area contributed by atoms with Crippen LogP contribution in [0.2, 0.25) is 5.02 Å². The molecule has 2 atom stereocenters. The first kappa shape index (κ1) is 12.9. The average molecular weight is 268 g/mol. The fourth-order valence-electron chi connectivity index (χ4n) is 2.41. The van der Waals surface area contributed by atoms with E-state index in [0.717, 1.165) is 5.56 Å². The highest BCUT2D eigenvalue weighted by Gasteiger charge is 2.38. The molecule has 96 valence electrons. The van der Waals surface area contributed by atoms with Crippen LogP contribution in [0.25, 0.3) is 0 Å². The Morgan fingerprint density at radius 2 is 2.00 bits per heavy atom. The number of rotatable bonds is 2. The van der Waals surface area contributed by atoms with E-state index in [1.54, 1.807) is 31.3 Å². The molecule has 1 fully saturated rings. The number of carbonyl (C=O) groups is 2. The topological polar surface area (TPSA) is 57.6 Å². The fourth-order valence-corrected chi connectivity index (χ4v) is 2.54. The molecule has 1 N–H and O–H groups in total. The minimum absolute atomic E-state index is 0.0209. The Morgan fingerprint density at radius 1 is 1.39 bits per heavy atom. The first-order valence-corrected chi connectivity index (χ1v) is 6.12. The summed E-state index contributed by atoms with van der Waals surface area (Å²) in [6.45, 7) is 0. The molecule has 5 heteroatoms. The van der Waals surface area contributed by atoms with Crippen molar-refractivity contribution in [1.82, 2.24) is 4.90 Å². The highest BCUT2D eigenvalue weighted by molar-refractivity contribution is 6.30. The van der Waals surface area contributed by atoms with Crippen molar-refractivity contribution in [1.29, 1.82) is 0 Å². The van der Waals surface area contributed by atoms with Crippen LogP contribution in [0.3, 0.4) is 0 Å². The monoisotopic (exact) mass is 267 g/mol. The van der Waals surface area contributed by atoms with Crippen molar-refractivity contribution in [2.75, 3.05) is 7.05 Å². The minimum atomic E-state index is -0.866. The van der Waals surface area contributed by atoms with Crippen molar-refractivity contribution in [3.8, 4) is 0 Å². The number of amides is 1. The fraction of sp³-hybridized carbons (Fsp3) is 0.385. The Bertz CT molecular complexity index is 472. The molecule has 1 aromatic carbocycles. The molecular formula is C13H14ClNO3. The van der Waals surface area contributed by atoms with Crippen LogP contribution in [0, 0.1) is 5.92 Å². The van der Waals surface area contributed by atoms with Gasteiger partial charge in [0.25, 0.3) is 0 Å². The summed E-state index contributed by atoms with van der Waals surface area (Å²) in [6.07, 6.45) is 0.670. The van der Waals surface area contributed by atoms with Gasteiger partial charge in [-0.15, -0.1) is 0 Å². The SMILES string of the molecule is CN1C(=O)CCC(C(=O)O)C1c1ccc(Cl)cc1. The quantitative estimate of drug-likeness (QED) is 0.895. The average Bonchev–Trinajstić information content (AvgIpc) is 2.33. The predicted octanol–water partition coefficient (Wildman–Crippen LogP) is 2.33. The summed E-state index contributed by atoms with van der Waals surface area (Å²) in [7, 11) is 1.65. The van der Waals surface area contributed by atoms with E-state index in [1.807, 2.05) is 0 Å². The van der Waals surface area contributed by atoms with Crippen molar-refractivity contribution in [3.05, 3.63) is 34.9 Å². The number of carboxylic acid groups (broad SMARTS) is 1. The zero-order chi connectivity index (χ0) is 13.3. The first-order chi connectivity index (χ1) is 8.50. The van der Waals surface area contributed by atoms with Gasteiger partial charge in [-0.3, -0.25) is 9.59 Å². The number of piperidine rings is 1. The van der Waals surface area contributed by atoms with Gasteiger partial charge in [-0.2, -0.15) is 0 Å². The maximum atomic E-state index is 11.7. The van der Waals surface area contributed by atoms with Gasteiger partial charge in [0.1, 0.15) is 0 Å². The van der Waals surface area contributed by atoms with Crippen LogP contribution in [0.4, 0.5) is 0 Å². The molecule has 18 heavy (non-hydrogen) atoms. The summed E-state index contributed by atoms with van der Waals surface area (Å²) in [5.74, 6) is -1.45. The molecule has 0 spiro atoms. The maximum absolute atomic E-state index is 11.7. The molecule has 1 aliphatic rings. The first-order valence-electron chi connectivity index (χ1n) is 5.74. The molecular weight excluding hydrogens is 254 g/mol. The number of hydrogen-bond donors (Lipinski definition) is 1. The van der Waals surface area contributed by atoms with Crippen molar-refractivity contribution < 1.29 is 14.7 Å². The zero-order valence-electron chi connectivity index (χ0n) is 9.97. The lowest BCUT2D eigenvalue weighted by atomic mass is 9.85. The number of benzene rings is 1. The number of halogens is 1. The highest BCUT2D eigenvalue weighted by Crippen LogP contribution is 2.36. The molecule has 0 radical (unpaired) electrons. The number of carbonyl (C=O) groups excluding carboxylic acids is 1. The molecule has 1 amide bonds. The van der Waals surface area contributed by atoms with Gasteiger partial charge in [0.05, 0.1) is 12.0 Å². The third-order valence-corrected chi connectivity index (χ3v) is 3.64. The Hall–Kier alpha value is -1.55. The van der Waals surface area contributed by atoms with E-state index in [2.05, 4.69) is 0 Å². The van der Waals surface area contributed by atoms with Crippen LogP contribution in [0.5, 0.6) is 0 Å². The molecule has 0 bridgehead atoms. The van der Waals surface area contributed by atoms with Crippen LogP contribution in [-0.4, -0.2) is 28.9 Å². The Labute approximate surface area is 110 Å². The summed E-state index contributed by atoms with van der Waals surface area (Å²) >= 11 is 5.82. The maximum Gasteiger partial charge on any atom is 0.308 e. The lowest BCUT2D eigenvalue weighted by Gasteiger charge is -2.37. The second-order valence-corrected chi connectivity index (χ2v) is 4.92. The van der Waals surface area contributed by atoms with E-state index in [0.29, 0.717) is 11.4 Å². The van der Waals surface area contributed by atoms with Crippen LogP contribution in [-0.2, 0) is 9.59 Å². The molecule has 1 aromatic rings. The largest absolute Gasteiger partial charge is 0.481 e. The van der Waals surface area contributed by atoms with Gasteiger partial charge >= 0.3 is 5.97 Å². The van der Waals surface area contributed by atoms with Gasteiger partial charge in [0, 0.05) is 18.5 Å². The molecule has 0 aliphatic carbocycles. The predicted molar refractivity (Wildman–Crippen MR) is 67.3 cm³/mol. The van der Waals surface area contributed by atoms with E-state index in [1.165, 1.54) is 4.90 Å². The van der Waals surface area contributed by atoms with Crippen LogP contribution < -0.4 is 0 Å². The van der Waals surface area contributed by atoms with E-state index < -0.39 is 17.9 Å². The van der Waals surface area contributed by atoms with E-state index in [4.69, 9.17) is 11.6 Å². The van der Waals surface area contributed by atoms with E-state index >= 15 is 0 Å². The Kier molecular flexibility index (Phi) is 3.57. The number of carboxylic acids is 1. The van der Waals surface area contributed by atoms with Crippen molar-refractivity contribution in [2.45, 2.75) is 18.9 Å². The summed E-state index contributed by atoms with van der Waals surface area (Å²) in [5.41, 5.74) is 0.808. The molecule has 1 aliphatic heterocycles. The smallest absolute Gasteiger partial charge is 0.308 e. The standard InChI is InChI=1S/C13H14ClNO3/c1-15-11(16)7-6-10(13(17)18)12(15)8-2-4-9(14)5-3-8/h2-5,10,12H,6-7H2,1H3,(H,17,18). The lowest BCUT2D eigenvalue weighted by molar-refractivity contribution is -0.150. The zero-order valence-corrected chi connectivity index (χ0v) is 10.7. The number of hydrogen-bond acceptors (Lipinski definition) is 2. The Morgan fingerprint density at radius 3 is 2.56 bits per heavy atom. The van der Waals surface area contributed by atoms with Crippen LogP contribution >= 0.6 is 11.6 Å². The van der Waals surface area contributed by atoms with E-state index in [9.17, 15) is 14.7 Å². The van der Waals surface area contributed by atoms with Gasteiger partial charge in [0.2, 0.25) is 5.91 Å². The van der Waals surface area contributed by atoms with Crippen molar-refractivity contribution in [3.63, 3.8) is 0 Å². The van der Waals surface area contributed by atoms with Crippen LogP contribution in [0.15, 0.2) is 24.3 Å². The molecule has 2 unspecified atom stereocenters. The third kappa shape index (κ3) is 2.34. The molecule has 1 heterocycles. The number of likely N-dealkylation sites (tertiary alicyclic amines) is 1. The number of aliphatic carboxylic acids is 1. The highest BCUT2D eigenvalue weighted by atomic mass is 35.5. The van der Waals surface area contributed by atoms with Gasteiger partial charge < -0.3 is 10.0 Å². The van der Waals surface area contributed by atoms with Crippen molar-refractivity contribution in [2.24, 2.45) is 5.92 Å². The summed E-state index contributed by atoms with van der Waals surface area (Å²) in [6, 6.07) is 6.56.